The van der Waals surface area contributed by atoms with Crippen molar-refractivity contribution in [2.75, 3.05) is 16.6 Å². The van der Waals surface area contributed by atoms with Gasteiger partial charge in [0.2, 0.25) is 0 Å². The molecule has 0 atom stereocenters. The minimum atomic E-state index is -3.72. The van der Waals surface area contributed by atoms with Crippen LogP contribution in [0.3, 0.4) is 0 Å². The molecule has 0 heterocycles. The molecule has 0 bridgehead atoms. The van der Waals surface area contributed by atoms with Crippen LogP contribution in [0.15, 0.2) is 77.7 Å². The van der Waals surface area contributed by atoms with E-state index in [0.717, 1.165) is 18.4 Å². The second kappa shape index (κ2) is 10.8. The molecule has 1 amide bonds. The van der Waals surface area contributed by atoms with E-state index in [1.165, 1.54) is 36.4 Å². The number of unbranched alkanes of at least 4 members (excludes halogenated alkanes) is 1. The molecule has 7 nitrogen and oxygen atoms in total. The number of rotatable bonds is 9. The summed E-state index contributed by atoms with van der Waals surface area (Å²) in [6.45, 7) is 4.28. The zero-order chi connectivity index (χ0) is 23.8. The first-order chi connectivity index (χ1) is 15.8. The van der Waals surface area contributed by atoms with Gasteiger partial charge in [-0.3, -0.25) is 9.52 Å². The molecule has 0 aliphatic rings. The van der Waals surface area contributed by atoms with Gasteiger partial charge in [0, 0.05) is 16.9 Å². The number of aryl methyl sites for hydroxylation is 1. The van der Waals surface area contributed by atoms with Crippen LogP contribution in [0.1, 0.15) is 46.0 Å². The van der Waals surface area contributed by atoms with Crippen molar-refractivity contribution in [1.82, 2.24) is 0 Å². The third-order valence-corrected chi connectivity index (χ3v) is 6.24. The summed E-state index contributed by atoms with van der Waals surface area (Å²) < 4.78 is 32.7. The first-order valence-electron chi connectivity index (χ1n) is 10.6. The molecule has 0 fully saturated rings. The average molecular weight is 467 g/mol. The number of nitrogens with one attached hydrogen (secondary N) is 2. The second-order valence-electron chi connectivity index (χ2n) is 7.52. The Morgan fingerprint density at radius 3 is 2.00 bits per heavy atom. The van der Waals surface area contributed by atoms with Crippen LogP contribution in [-0.2, 0) is 14.8 Å². The minimum Gasteiger partial charge on any atom is -0.462 e. The molecule has 0 aliphatic heterocycles. The molecule has 172 valence electrons. The number of sulfonamides is 1. The molecule has 0 unspecified atom stereocenters. The van der Waals surface area contributed by atoms with Crippen molar-refractivity contribution in [2.45, 2.75) is 31.6 Å². The molecule has 3 aromatic carbocycles. The van der Waals surface area contributed by atoms with Crippen molar-refractivity contribution in [3.63, 3.8) is 0 Å². The van der Waals surface area contributed by atoms with Gasteiger partial charge in [-0.25, -0.2) is 13.2 Å². The van der Waals surface area contributed by atoms with E-state index in [4.69, 9.17) is 4.74 Å². The Bertz CT molecular complexity index is 1200. The third-order valence-electron chi connectivity index (χ3n) is 4.84. The SMILES string of the molecule is CCCCOC(=O)c1ccc(NC(=O)c2ccc(NS(=O)(=O)c3ccc(C)cc3)cc2)cc1. The molecular formula is C25H26N2O5S. The summed E-state index contributed by atoms with van der Waals surface area (Å²) in [5.74, 6) is -0.758. The number of anilines is 2. The summed E-state index contributed by atoms with van der Waals surface area (Å²) in [6.07, 6.45) is 1.75. The van der Waals surface area contributed by atoms with Crippen molar-refractivity contribution in [3.05, 3.63) is 89.5 Å². The standard InChI is InChI=1S/C25H26N2O5S/c1-3-4-17-32-25(29)20-9-11-21(12-10-20)26-24(28)19-7-13-22(14-8-19)27-33(30,31)23-15-5-18(2)6-16-23/h5-16,27H,3-4,17H2,1-2H3,(H,26,28). The van der Waals surface area contributed by atoms with Gasteiger partial charge in [0.05, 0.1) is 17.1 Å². The summed E-state index contributed by atoms with van der Waals surface area (Å²) in [7, 11) is -3.72. The van der Waals surface area contributed by atoms with Gasteiger partial charge in [0.25, 0.3) is 15.9 Å². The maximum absolute atomic E-state index is 12.5. The lowest BCUT2D eigenvalue weighted by atomic mass is 10.1. The lowest BCUT2D eigenvalue weighted by Gasteiger charge is -2.10. The van der Waals surface area contributed by atoms with E-state index in [0.29, 0.717) is 29.1 Å². The van der Waals surface area contributed by atoms with Gasteiger partial charge < -0.3 is 10.1 Å². The van der Waals surface area contributed by atoms with Gasteiger partial charge in [-0.2, -0.15) is 0 Å². The van der Waals surface area contributed by atoms with Crippen LogP contribution in [0, 0.1) is 6.92 Å². The van der Waals surface area contributed by atoms with E-state index in [-0.39, 0.29) is 10.8 Å². The number of carbonyl (C=O) groups is 2. The number of amides is 1. The molecule has 33 heavy (non-hydrogen) atoms. The number of hydrogen-bond donors (Lipinski definition) is 2. The number of benzene rings is 3. The van der Waals surface area contributed by atoms with E-state index < -0.39 is 16.0 Å². The van der Waals surface area contributed by atoms with E-state index in [9.17, 15) is 18.0 Å². The lowest BCUT2D eigenvalue weighted by molar-refractivity contribution is 0.0499. The van der Waals surface area contributed by atoms with Crippen LogP contribution in [0.4, 0.5) is 11.4 Å². The van der Waals surface area contributed by atoms with Crippen LogP contribution in [0.5, 0.6) is 0 Å². The predicted molar refractivity (Wildman–Crippen MR) is 128 cm³/mol. The Hall–Kier alpha value is -3.65. The number of carbonyl (C=O) groups excluding carboxylic acids is 2. The Balaban J connectivity index is 1.60. The van der Waals surface area contributed by atoms with Crippen LogP contribution in [0.25, 0.3) is 0 Å². The van der Waals surface area contributed by atoms with Gasteiger partial charge in [-0.1, -0.05) is 31.0 Å². The first kappa shape index (κ1) is 24.0. The van der Waals surface area contributed by atoms with Crippen molar-refractivity contribution in [3.8, 4) is 0 Å². The molecule has 8 heteroatoms. The Labute approximate surface area is 193 Å². The molecule has 0 saturated heterocycles. The summed E-state index contributed by atoms with van der Waals surface area (Å²) in [4.78, 5) is 24.6. The summed E-state index contributed by atoms with van der Waals surface area (Å²) in [5, 5.41) is 2.75. The zero-order valence-corrected chi connectivity index (χ0v) is 19.3. The highest BCUT2D eigenvalue weighted by Gasteiger charge is 2.14. The highest BCUT2D eigenvalue weighted by molar-refractivity contribution is 7.92. The van der Waals surface area contributed by atoms with Crippen LogP contribution in [0.2, 0.25) is 0 Å². The fraction of sp³-hybridized carbons (Fsp3) is 0.200. The third kappa shape index (κ3) is 6.66. The predicted octanol–water partition coefficient (Wildman–Crippen LogP) is 5.01. The maximum atomic E-state index is 12.5. The molecule has 2 N–H and O–H groups in total. The fourth-order valence-corrected chi connectivity index (χ4v) is 3.97. The molecule has 0 aromatic heterocycles. The van der Waals surface area contributed by atoms with Crippen molar-refractivity contribution in [2.24, 2.45) is 0 Å². The number of esters is 1. The molecular weight excluding hydrogens is 440 g/mol. The Morgan fingerprint density at radius 2 is 1.39 bits per heavy atom. The Morgan fingerprint density at radius 1 is 0.818 bits per heavy atom. The van der Waals surface area contributed by atoms with Gasteiger partial charge >= 0.3 is 5.97 Å². The minimum absolute atomic E-state index is 0.160. The van der Waals surface area contributed by atoms with Gasteiger partial charge in [-0.05, 0) is 74.0 Å². The van der Waals surface area contributed by atoms with E-state index in [1.54, 1.807) is 36.4 Å². The smallest absolute Gasteiger partial charge is 0.338 e. The largest absolute Gasteiger partial charge is 0.462 e. The zero-order valence-electron chi connectivity index (χ0n) is 18.5. The number of hydrogen-bond acceptors (Lipinski definition) is 5. The van der Waals surface area contributed by atoms with Crippen LogP contribution >= 0.6 is 0 Å². The molecule has 0 saturated carbocycles. The summed E-state index contributed by atoms with van der Waals surface area (Å²) >= 11 is 0. The molecule has 3 rings (SSSR count). The summed E-state index contributed by atoms with van der Waals surface area (Å²) in [5.41, 5.74) is 2.60. The topological polar surface area (TPSA) is 102 Å². The average Bonchev–Trinajstić information content (AvgIpc) is 2.80. The van der Waals surface area contributed by atoms with Crippen LogP contribution < -0.4 is 10.0 Å². The fourth-order valence-electron chi connectivity index (χ4n) is 2.91. The van der Waals surface area contributed by atoms with Gasteiger partial charge in [0.1, 0.15) is 0 Å². The second-order valence-corrected chi connectivity index (χ2v) is 9.20. The summed E-state index contributed by atoms with van der Waals surface area (Å²) in [6, 6.07) is 19.1. The monoisotopic (exact) mass is 466 g/mol. The molecule has 0 spiro atoms. The van der Waals surface area contributed by atoms with Crippen molar-refractivity contribution in [1.29, 1.82) is 0 Å². The van der Waals surface area contributed by atoms with Gasteiger partial charge in [-0.15, -0.1) is 0 Å². The van der Waals surface area contributed by atoms with Crippen LogP contribution in [-0.4, -0.2) is 26.9 Å². The number of ether oxygens (including phenoxy) is 1. The molecule has 3 aromatic rings. The first-order valence-corrected chi connectivity index (χ1v) is 12.0. The molecule has 0 radical (unpaired) electrons. The van der Waals surface area contributed by atoms with E-state index in [1.807, 2.05) is 13.8 Å². The normalized spacial score (nSPS) is 11.0. The lowest BCUT2D eigenvalue weighted by Crippen LogP contribution is -2.14. The maximum Gasteiger partial charge on any atom is 0.338 e. The highest BCUT2D eigenvalue weighted by atomic mass is 32.2. The Kier molecular flexibility index (Phi) is 7.84. The molecule has 0 aliphatic carbocycles. The van der Waals surface area contributed by atoms with Gasteiger partial charge in [0.15, 0.2) is 0 Å². The van der Waals surface area contributed by atoms with Crippen molar-refractivity contribution < 1.29 is 22.7 Å². The highest BCUT2D eigenvalue weighted by Crippen LogP contribution is 2.18. The van der Waals surface area contributed by atoms with E-state index in [2.05, 4.69) is 10.0 Å². The quantitative estimate of drug-likeness (QED) is 0.341. The van der Waals surface area contributed by atoms with Crippen molar-refractivity contribution >= 4 is 33.3 Å². The van der Waals surface area contributed by atoms with E-state index >= 15 is 0 Å².